The largest absolute Gasteiger partial charge is 0.465 e. The summed E-state index contributed by atoms with van der Waals surface area (Å²) in [5, 5.41) is 9.00. The molecule has 0 unspecified atom stereocenters. The molecule has 5 nitrogen and oxygen atoms in total. The third-order valence-corrected chi connectivity index (χ3v) is 5.16. The summed E-state index contributed by atoms with van der Waals surface area (Å²) in [5.41, 5.74) is 0. The molecule has 1 amide bonds. The molecule has 2 aliphatic rings. The lowest BCUT2D eigenvalue weighted by Crippen LogP contribution is -2.40. The molecule has 1 saturated heterocycles. The second-order valence-corrected chi connectivity index (χ2v) is 6.80. The van der Waals surface area contributed by atoms with Crippen LogP contribution in [0.25, 0.3) is 0 Å². The van der Waals surface area contributed by atoms with E-state index < -0.39 is 6.09 Å². The maximum Gasteiger partial charge on any atom is 0.407 e. The van der Waals surface area contributed by atoms with E-state index in [-0.39, 0.29) is 6.04 Å². The normalized spacial score (nSPS) is 26.8. The van der Waals surface area contributed by atoms with Crippen LogP contribution in [0.15, 0.2) is 0 Å². The molecule has 0 atom stereocenters. The summed E-state index contributed by atoms with van der Waals surface area (Å²) in [6.07, 6.45) is 9.89. The molecule has 22 heavy (non-hydrogen) atoms. The lowest BCUT2D eigenvalue weighted by Gasteiger charge is -2.33. The number of nitrogens with zero attached hydrogens (tertiary/aromatic N) is 2. The van der Waals surface area contributed by atoms with E-state index in [9.17, 15) is 4.79 Å². The number of ether oxygens (including phenoxy) is 1. The zero-order chi connectivity index (χ0) is 15.8. The molecule has 0 aromatic carbocycles. The van der Waals surface area contributed by atoms with Crippen molar-refractivity contribution in [2.45, 2.75) is 69.9 Å². The number of likely N-dealkylation sites (tertiary alicyclic amines) is 1. The Balaban J connectivity index is 1.49. The summed E-state index contributed by atoms with van der Waals surface area (Å²) < 4.78 is 5.98. The van der Waals surface area contributed by atoms with Crippen LogP contribution in [-0.2, 0) is 4.74 Å². The monoisotopic (exact) mass is 312 g/mol. The Hall–Kier alpha value is -0.810. The van der Waals surface area contributed by atoms with Crippen molar-refractivity contribution in [2.24, 2.45) is 0 Å². The lowest BCUT2D eigenvalue weighted by molar-refractivity contribution is 0.00932. The smallest absolute Gasteiger partial charge is 0.407 e. The van der Waals surface area contributed by atoms with Crippen LogP contribution in [0.2, 0.25) is 0 Å². The molecule has 1 heterocycles. The fourth-order valence-corrected chi connectivity index (χ4v) is 3.63. The summed E-state index contributed by atoms with van der Waals surface area (Å²) in [6.45, 7) is 4.64. The van der Waals surface area contributed by atoms with Crippen molar-refractivity contribution in [1.82, 2.24) is 9.80 Å². The van der Waals surface area contributed by atoms with Gasteiger partial charge < -0.3 is 19.6 Å². The number of piperidine rings is 1. The Morgan fingerprint density at radius 2 is 1.82 bits per heavy atom. The number of rotatable bonds is 7. The first kappa shape index (κ1) is 17.5. The zero-order valence-corrected chi connectivity index (χ0v) is 14.0. The number of carbonyl (C=O) groups is 1. The van der Waals surface area contributed by atoms with Crippen LogP contribution in [0, 0.1) is 0 Å². The minimum Gasteiger partial charge on any atom is -0.465 e. The fraction of sp³-hybridized carbons (Fsp3) is 0.941. The third kappa shape index (κ3) is 5.76. The SMILES string of the molecule is CN(C(=O)O)C1CCC(OCCCCN2CCCCC2)CC1. The maximum absolute atomic E-state index is 10.9. The van der Waals surface area contributed by atoms with E-state index >= 15 is 0 Å². The molecular formula is C17H32N2O3. The number of amides is 1. The first-order valence-electron chi connectivity index (χ1n) is 8.96. The first-order valence-corrected chi connectivity index (χ1v) is 8.96. The molecule has 2 rings (SSSR count). The highest BCUT2D eigenvalue weighted by Gasteiger charge is 2.26. The number of unbranched alkanes of at least 4 members (excludes halogenated alkanes) is 1. The van der Waals surface area contributed by atoms with E-state index in [1.54, 1.807) is 7.05 Å². The van der Waals surface area contributed by atoms with Crippen LogP contribution in [0.5, 0.6) is 0 Å². The molecule has 5 heteroatoms. The fourth-order valence-electron chi connectivity index (χ4n) is 3.63. The van der Waals surface area contributed by atoms with Crippen LogP contribution >= 0.6 is 0 Å². The summed E-state index contributed by atoms with van der Waals surface area (Å²) in [4.78, 5) is 15.0. The van der Waals surface area contributed by atoms with Gasteiger partial charge in [0.2, 0.25) is 0 Å². The standard InChI is InChI=1S/C17H32N2O3/c1-18(17(20)21)15-7-9-16(10-8-15)22-14-6-5-13-19-11-3-2-4-12-19/h15-16H,2-14H2,1H3,(H,20,21). The van der Waals surface area contributed by atoms with Gasteiger partial charge in [-0.25, -0.2) is 4.79 Å². The maximum atomic E-state index is 10.9. The van der Waals surface area contributed by atoms with Gasteiger partial charge in [-0.2, -0.15) is 0 Å². The van der Waals surface area contributed by atoms with Gasteiger partial charge in [0.15, 0.2) is 0 Å². The Labute approximate surface area is 134 Å². The average Bonchev–Trinajstić information content (AvgIpc) is 2.55. The van der Waals surface area contributed by atoms with Gasteiger partial charge in [0.05, 0.1) is 6.10 Å². The highest BCUT2D eigenvalue weighted by atomic mass is 16.5. The minimum atomic E-state index is -0.818. The van der Waals surface area contributed by atoms with Crippen LogP contribution < -0.4 is 0 Å². The molecule has 2 fully saturated rings. The van der Waals surface area contributed by atoms with Crippen LogP contribution in [0.3, 0.4) is 0 Å². The molecule has 1 saturated carbocycles. The molecule has 128 valence electrons. The van der Waals surface area contributed by atoms with Gasteiger partial charge in [0.1, 0.15) is 0 Å². The molecule has 1 N–H and O–H groups in total. The number of hydrogen-bond donors (Lipinski definition) is 1. The van der Waals surface area contributed by atoms with Gasteiger partial charge in [-0.05, 0) is 71.0 Å². The molecular weight excluding hydrogens is 280 g/mol. The average molecular weight is 312 g/mol. The predicted molar refractivity (Wildman–Crippen MR) is 87.3 cm³/mol. The van der Waals surface area contributed by atoms with E-state index in [4.69, 9.17) is 9.84 Å². The van der Waals surface area contributed by atoms with Crippen LogP contribution in [0.4, 0.5) is 4.79 Å². The topological polar surface area (TPSA) is 53.0 Å². The van der Waals surface area contributed by atoms with Gasteiger partial charge in [0.25, 0.3) is 0 Å². The lowest BCUT2D eigenvalue weighted by atomic mass is 9.92. The molecule has 0 aromatic rings. The summed E-state index contributed by atoms with van der Waals surface area (Å²) in [6, 6.07) is 0.177. The second-order valence-electron chi connectivity index (χ2n) is 6.80. The second kappa shape index (κ2) is 9.36. The van der Waals surface area contributed by atoms with Gasteiger partial charge >= 0.3 is 6.09 Å². The van der Waals surface area contributed by atoms with Gasteiger partial charge in [-0.1, -0.05) is 6.42 Å². The molecule has 1 aliphatic carbocycles. The van der Waals surface area contributed by atoms with Crippen molar-refractivity contribution in [3.63, 3.8) is 0 Å². The van der Waals surface area contributed by atoms with E-state index in [1.165, 1.54) is 50.2 Å². The Bertz CT molecular complexity index is 324. The summed E-state index contributed by atoms with van der Waals surface area (Å²) in [7, 11) is 1.68. The van der Waals surface area contributed by atoms with Gasteiger partial charge in [-0.15, -0.1) is 0 Å². The van der Waals surface area contributed by atoms with Crippen molar-refractivity contribution < 1.29 is 14.6 Å². The van der Waals surface area contributed by atoms with Crippen molar-refractivity contribution in [3.05, 3.63) is 0 Å². The molecule has 0 aromatic heterocycles. The molecule has 0 spiro atoms. The third-order valence-electron chi connectivity index (χ3n) is 5.16. The predicted octanol–water partition coefficient (Wildman–Crippen LogP) is 3.19. The zero-order valence-electron chi connectivity index (χ0n) is 14.0. The van der Waals surface area contributed by atoms with E-state index in [0.717, 1.165) is 38.7 Å². The highest BCUT2D eigenvalue weighted by molar-refractivity contribution is 5.64. The van der Waals surface area contributed by atoms with E-state index in [2.05, 4.69) is 4.90 Å². The quantitative estimate of drug-likeness (QED) is 0.734. The van der Waals surface area contributed by atoms with Gasteiger partial charge in [-0.3, -0.25) is 0 Å². The molecule has 0 radical (unpaired) electrons. The highest BCUT2D eigenvalue weighted by Crippen LogP contribution is 2.24. The Kier molecular flexibility index (Phi) is 7.46. The van der Waals surface area contributed by atoms with Crippen molar-refractivity contribution >= 4 is 6.09 Å². The van der Waals surface area contributed by atoms with E-state index in [1.807, 2.05) is 0 Å². The number of carboxylic acid groups (broad SMARTS) is 1. The van der Waals surface area contributed by atoms with Crippen LogP contribution in [0.1, 0.15) is 57.8 Å². The van der Waals surface area contributed by atoms with Crippen molar-refractivity contribution in [2.75, 3.05) is 33.3 Å². The first-order chi connectivity index (χ1) is 10.7. The van der Waals surface area contributed by atoms with Crippen molar-refractivity contribution in [3.8, 4) is 0 Å². The Morgan fingerprint density at radius 1 is 1.14 bits per heavy atom. The number of hydrogen-bond acceptors (Lipinski definition) is 3. The summed E-state index contributed by atoms with van der Waals surface area (Å²) >= 11 is 0. The summed E-state index contributed by atoms with van der Waals surface area (Å²) in [5.74, 6) is 0. The Morgan fingerprint density at radius 3 is 2.45 bits per heavy atom. The molecule has 1 aliphatic heterocycles. The molecule has 0 bridgehead atoms. The minimum absolute atomic E-state index is 0.177. The van der Waals surface area contributed by atoms with E-state index in [0.29, 0.717) is 6.10 Å². The van der Waals surface area contributed by atoms with Crippen LogP contribution in [-0.4, -0.2) is 66.4 Å². The van der Waals surface area contributed by atoms with Crippen molar-refractivity contribution in [1.29, 1.82) is 0 Å². The van der Waals surface area contributed by atoms with Gasteiger partial charge in [0, 0.05) is 19.7 Å².